The van der Waals surface area contributed by atoms with Crippen LogP contribution in [-0.4, -0.2) is 36.3 Å². The zero-order valence-corrected chi connectivity index (χ0v) is 10.6. The maximum absolute atomic E-state index is 5.63. The third-order valence-electron chi connectivity index (χ3n) is 3.19. The highest BCUT2D eigenvalue weighted by molar-refractivity contribution is 5.66. The third-order valence-corrected chi connectivity index (χ3v) is 3.19. The number of benzene rings is 1. The van der Waals surface area contributed by atoms with Crippen LogP contribution in [0.1, 0.15) is 0 Å². The van der Waals surface area contributed by atoms with Crippen molar-refractivity contribution in [3.05, 3.63) is 36.5 Å². The van der Waals surface area contributed by atoms with E-state index in [1.54, 1.807) is 6.20 Å². The average molecular weight is 256 g/mol. The Hall–Kier alpha value is -2.14. The van der Waals surface area contributed by atoms with Crippen LogP contribution in [0.15, 0.2) is 36.5 Å². The Morgan fingerprint density at radius 1 is 1.16 bits per heavy atom. The molecule has 1 aromatic heterocycles. The number of aromatic nitrogens is 2. The number of nitrogen functional groups attached to an aromatic ring is 1. The van der Waals surface area contributed by atoms with Crippen LogP contribution in [0.3, 0.4) is 0 Å². The van der Waals surface area contributed by atoms with Crippen LogP contribution in [-0.2, 0) is 4.74 Å². The summed E-state index contributed by atoms with van der Waals surface area (Å²) < 4.78 is 5.37. The molecule has 3 rings (SSSR count). The number of ether oxygens (including phenoxy) is 1. The maximum Gasteiger partial charge on any atom is 0.220 e. The summed E-state index contributed by atoms with van der Waals surface area (Å²) in [6.45, 7) is 3.42. The van der Waals surface area contributed by atoms with Gasteiger partial charge in [-0.25, -0.2) is 9.97 Å². The van der Waals surface area contributed by atoms with E-state index in [1.807, 2.05) is 18.2 Å². The number of nitrogens with zero attached hydrogens (tertiary/aromatic N) is 3. The molecule has 1 aliphatic heterocycles. The molecular formula is C14H16N4O. The first kappa shape index (κ1) is 11.9. The lowest BCUT2D eigenvalue weighted by Crippen LogP contribution is -2.36. The first-order chi connectivity index (χ1) is 9.33. The average Bonchev–Trinajstić information content (AvgIpc) is 2.48. The SMILES string of the molecule is Nc1nccc(-c2cccc(N3CCOCC3)c2)n1. The van der Waals surface area contributed by atoms with Gasteiger partial charge in [-0.1, -0.05) is 12.1 Å². The topological polar surface area (TPSA) is 64.3 Å². The monoisotopic (exact) mass is 256 g/mol. The summed E-state index contributed by atoms with van der Waals surface area (Å²) in [6, 6.07) is 10.2. The molecule has 5 nitrogen and oxygen atoms in total. The van der Waals surface area contributed by atoms with Gasteiger partial charge in [0, 0.05) is 30.5 Å². The van der Waals surface area contributed by atoms with E-state index in [0.29, 0.717) is 5.95 Å². The quantitative estimate of drug-likeness (QED) is 0.883. The van der Waals surface area contributed by atoms with Crippen molar-refractivity contribution in [1.82, 2.24) is 9.97 Å². The second kappa shape index (κ2) is 5.24. The van der Waals surface area contributed by atoms with Gasteiger partial charge in [-0.3, -0.25) is 0 Å². The van der Waals surface area contributed by atoms with E-state index >= 15 is 0 Å². The minimum Gasteiger partial charge on any atom is -0.378 e. The number of hydrogen-bond donors (Lipinski definition) is 1. The molecule has 0 amide bonds. The van der Waals surface area contributed by atoms with Gasteiger partial charge in [-0.2, -0.15) is 0 Å². The number of hydrogen-bond acceptors (Lipinski definition) is 5. The largest absolute Gasteiger partial charge is 0.378 e. The highest BCUT2D eigenvalue weighted by Crippen LogP contribution is 2.24. The van der Waals surface area contributed by atoms with Crippen molar-refractivity contribution in [3.8, 4) is 11.3 Å². The molecule has 0 bridgehead atoms. The molecule has 2 N–H and O–H groups in total. The number of nitrogens with two attached hydrogens (primary N) is 1. The van der Waals surface area contributed by atoms with Gasteiger partial charge in [0.15, 0.2) is 0 Å². The molecule has 5 heteroatoms. The molecule has 1 saturated heterocycles. The van der Waals surface area contributed by atoms with E-state index in [0.717, 1.165) is 37.6 Å². The molecular weight excluding hydrogens is 240 g/mol. The Balaban J connectivity index is 1.91. The van der Waals surface area contributed by atoms with Gasteiger partial charge in [-0.05, 0) is 18.2 Å². The van der Waals surface area contributed by atoms with Crippen LogP contribution >= 0.6 is 0 Å². The van der Waals surface area contributed by atoms with Gasteiger partial charge in [0.1, 0.15) is 0 Å². The second-order valence-electron chi connectivity index (χ2n) is 4.45. The Morgan fingerprint density at radius 2 is 2.00 bits per heavy atom. The van der Waals surface area contributed by atoms with Crippen molar-refractivity contribution >= 4 is 11.6 Å². The van der Waals surface area contributed by atoms with Gasteiger partial charge >= 0.3 is 0 Å². The number of anilines is 2. The lowest BCUT2D eigenvalue weighted by atomic mass is 10.1. The molecule has 19 heavy (non-hydrogen) atoms. The lowest BCUT2D eigenvalue weighted by molar-refractivity contribution is 0.122. The highest BCUT2D eigenvalue weighted by atomic mass is 16.5. The fraction of sp³-hybridized carbons (Fsp3) is 0.286. The Kier molecular flexibility index (Phi) is 3.29. The van der Waals surface area contributed by atoms with E-state index in [2.05, 4.69) is 27.0 Å². The van der Waals surface area contributed by atoms with Crippen molar-refractivity contribution in [3.63, 3.8) is 0 Å². The van der Waals surface area contributed by atoms with Crippen molar-refractivity contribution in [2.45, 2.75) is 0 Å². The fourth-order valence-corrected chi connectivity index (χ4v) is 2.22. The number of rotatable bonds is 2. The first-order valence-electron chi connectivity index (χ1n) is 6.34. The summed E-state index contributed by atoms with van der Waals surface area (Å²) in [7, 11) is 0. The Bertz CT molecular complexity index is 567. The zero-order chi connectivity index (χ0) is 13.1. The molecule has 0 spiro atoms. The predicted octanol–water partition coefficient (Wildman–Crippen LogP) is 1.56. The molecule has 0 saturated carbocycles. The van der Waals surface area contributed by atoms with E-state index in [-0.39, 0.29) is 0 Å². The van der Waals surface area contributed by atoms with E-state index in [9.17, 15) is 0 Å². The number of morpholine rings is 1. The summed E-state index contributed by atoms with van der Waals surface area (Å²) in [6.07, 6.45) is 1.68. The van der Waals surface area contributed by atoms with Gasteiger partial charge in [-0.15, -0.1) is 0 Å². The summed E-state index contributed by atoms with van der Waals surface area (Å²) in [5, 5.41) is 0. The second-order valence-corrected chi connectivity index (χ2v) is 4.45. The molecule has 0 radical (unpaired) electrons. The summed E-state index contributed by atoms with van der Waals surface area (Å²) >= 11 is 0. The molecule has 1 fully saturated rings. The van der Waals surface area contributed by atoms with Crippen LogP contribution in [0.4, 0.5) is 11.6 Å². The van der Waals surface area contributed by atoms with Crippen LogP contribution < -0.4 is 10.6 Å². The minimum absolute atomic E-state index is 0.300. The summed E-state index contributed by atoms with van der Waals surface area (Å²) in [4.78, 5) is 10.5. The first-order valence-corrected chi connectivity index (χ1v) is 6.34. The Labute approximate surface area is 112 Å². The fourth-order valence-electron chi connectivity index (χ4n) is 2.22. The highest BCUT2D eigenvalue weighted by Gasteiger charge is 2.12. The van der Waals surface area contributed by atoms with Gasteiger partial charge in [0.2, 0.25) is 5.95 Å². The van der Waals surface area contributed by atoms with Crippen molar-refractivity contribution in [1.29, 1.82) is 0 Å². The maximum atomic E-state index is 5.63. The van der Waals surface area contributed by atoms with Crippen molar-refractivity contribution in [2.75, 3.05) is 36.9 Å². The van der Waals surface area contributed by atoms with Gasteiger partial charge < -0.3 is 15.4 Å². The standard InChI is InChI=1S/C14H16N4O/c15-14-16-5-4-13(17-14)11-2-1-3-12(10-11)18-6-8-19-9-7-18/h1-5,10H,6-9H2,(H2,15,16,17). The molecule has 0 atom stereocenters. The van der Waals surface area contributed by atoms with Crippen molar-refractivity contribution in [2.24, 2.45) is 0 Å². The third kappa shape index (κ3) is 2.66. The summed E-state index contributed by atoms with van der Waals surface area (Å²) in [5.74, 6) is 0.300. The van der Waals surface area contributed by atoms with E-state index in [1.165, 1.54) is 5.69 Å². The smallest absolute Gasteiger partial charge is 0.220 e. The molecule has 98 valence electrons. The van der Waals surface area contributed by atoms with E-state index in [4.69, 9.17) is 10.5 Å². The molecule has 2 heterocycles. The molecule has 0 aliphatic carbocycles. The lowest BCUT2D eigenvalue weighted by Gasteiger charge is -2.29. The van der Waals surface area contributed by atoms with Gasteiger partial charge in [0.05, 0.1) is 18.9 Å². The molecule has 1 aliphatic rings. The van der Waals surface area contributed by atoms with Crippen molar-refractivity contribution < 1.29 is 4.74 Å². The van der Waals surface area contributed by atoms with Gasteiger partial charge in [0.25, 0.3) is 0 Å². The van der Waals surface area contributed by atoms with Crippen LogP contribution in [0, 0.1) is 0 Å². The zero-order valence-electron chi connectivity index (χ0n) is 10.6. The minimum atomic E-state index is 0.300. The molecule has 0 unspecified atom stereocenters. The normalized spacial score (nSPS) is 15.5. The molecule has 1 aromatic carbocycles. The van der Waals surface area contributed by atoms with E-state index < -0.39 is 0 Å². The molecule has 2 aromatic rings. The summed E-state index contributed by atoms with van der Waals surface area (Å²) in [5.41, 5.74) is 8.72. The van der Waals surface area contributed by atoms with Crippen LogP contribution in [0.2, 0.25) is 0 Å². The van der Waals surface area contributed by atoms with Crippen LogP contribution in [0.5, 0.6) is 0 Å². The predicted molar refractivity (Wildman–Crippen MR) is 74.9 cm³/mol. The van der Waals surface area contributed by atoms with Crippen LogP contribution in [0.25, 0.3) is 11.3 Å². The Morgan fingerprint density at radius 3 is 2.79 bits per heavy atom.